The molecular formula is C22H21N3O3. The fraction of sp³-hybridized carbons (Fsp3) is 0.182. The second kappa shape index (κ2) is 8.00. The van der Waals surface area contributed by atoms with Gasteiger partial charge in [-0.1, -0.05) is 29.8 Å². The van der Waals surface area contributed by atoms with Crippen molar-refractivity contribution in [2.45, 2.75) is 26.8 Å². The fourth-order valence-corrected chi connectivity index (χ4v) is 2.73. The average Bonchev–Trinajstić information content (AvgIpc) is 2.69. The van der Waals surface area contributed by atoms with Crippen LogP contribution in [0.5, 0.6) is 0 Å². The highest BCUT2D eigenvalue weighted by molar-refractivity contribution is 5.96. The van der Waals surface area contributed by atoms with Crippen molar-refractivity contribution in [1.82, 2.24) is 9.78 Å². The van der Waals surface area contributed by atoms with Crippen LogP contribution in [0.25, 0.3) is 11.3 Å². The zero-order chi connectivity index (χ0) is 20.3. The molecule has 3 aromatic rings. The third-order valence-electron chi connectivity index (χ3n) is 4.48. The molecule has 1 atom stereocenters. The molecule has 1 aromatic heterocycles. The first-order chi connectivity index (χ1) is 13.3. The highest BCUT2D eigenvalue weighted by Crippen LogP contribution is 2.17. The largest absolute Gasteiger partial charge is 0.324 e. The Balaban J connectivity index is 1.82. The number of hydrogen-bond donors (Lipinski definition) is 1. The summed E-state index contributed by atoms with van der Waals surface area (Å²) in [5.41, 5.74) is 3.36. The van der Waals surface area contributed by atoms with Gasteiger partial charge < -0.3 is 5.32 Å². The molecule has 0 spiro atoms. The van der Waals surface area contributed by atoms with Gasteiger partial charge in [0.05, 0.1) is 5.69 Å². The van der Waals surface area contributed by atoms with Gasteiger partial charge in [-0.15, -0.1) is 0 Å². The molecule has 0 radical (unpaired) electrons. The van der Waals surface area contributed by atoms with Gasteiger partial charge in [0.25, 0.3) is 5.56 Å². The molecule has 0 saturated heterocycles. The molecule has 0 aliphatic rings. The number of nitrogens with zero attached hydrogens (tertiary/aromatic N) is 2. The maximum atomic E-state index is 12.6. The van der Waals surface area contributed by atoms with Gasteiger partial charge in [-0.2, -0.15) is 5.10 Å². The van der Waals surface area contributed by atoms with Crippen molar-refractivity contribution in [2.24, 2.45) is 0 Å². The lowest BCUT2D eigenvalue weighted by Crippen LogP contribution is -2.33. The molecule has 2 aromatic carbocycles. The highest BCUT2D eigenvalue weighted by Gasteiger charge is 2.18. The molecule has 28 heavy (non-hydrogen) atoms. The quantitative estimate of drug-likeness (QED) is 0.691. The highest BCUT2D eigenvalue weighted by atomic mass is 16.2. The van der Waals surface area contributed by atoms with Gasteiger partial charge in [-0.25, -0.2) is 4.68 Å². The SMILES string of the molecule is CC(=O)c1ccc(NC(=O)[C@@H](C)n2nc(-c3ccc(C)cc3)ccc2=O)cc1. The average molecular weight is 375 g/mol. The molecule has 1 amide bonds. The summed E-state index contributed by atoms with van der Waals surface area (Å²) >= 11 is 0. The predicted molar refractivity (Wildman–Crippen MR) is 108 cm³/mol. The van der Waals surface area contributed by atoms with Gasteiger partial charge in [0, 0.05) is 22.9 Å². The van der Waals surface area contributed by atoms with Gasteiger partial charge in [0.1, 0.15) is 6.04 Å². The van der Waals surface area contributed by atoms with Crippen LogP contribution in [0.4, 0.5) is 5.69 Å². The predicted octanol–water partition coefficient (Wildman–Crippen LogP) is 3.62. The molecule has 6 heteroatoms. The lowest BCUT2D eigenvalue weighted by Gasteiger charge is -2.15. The number of ketones is 1. The number of carbonyl (C=O) groups excluding carboxylic acids is 2. The zero-order valence-electron chi connectivity index (χ0n) is 16.0. The number of aromatic nitrogens is 2. The van der Waals surface area contributed by atoms with Crippen molar-refractivity contribution in [1.29, 1.82) is 0 Å². The lowest BCUT2D eigenvalue weighted by molar-refractivity contribution is -0.119. The first-order valence-electron chi connectivity index (χ1n) is 8.94. The summed E-state index contributed by atoms with van der Waals surface area (Å²) in [6, 6.07) is 16.6. The number of benzene rings is 2. The van der Waals surface area contributed by atoms with E-state index in [1.165, 1.54) is 17.7 Å². The number of carbonyl (C=O) groups is 2. The first kappa shape index (κ1) is 19.2. The molecular weight excluding hydrogens is 354 g/mol. The number of amides is 1. The Bertz CT molecular complexity index is 1070. The molecule has 0 aliphatic carbocycles. The van der Waals surface area contributed by atoms with Crippen LogP contribution in [-0.2, 0) is 4.79 Å². The van der Waals surface area contributed by atoms with Crippen molar-refractivity contribution >= 4 is 17.4 Å². The van der Waals surface area contributed by atoms with Gasteiger partial charge in [-0.05, 0) is 51.1 Å². The maximum absolute atomic E-state index is 12.6. The Hall–Kier alpha value is -3.54. The first-order valence-corrected chi connectivity index (χ1v) is 8.94. The third-order valence-corrected chi connectivity index (χ3v) is 4.48. The monoisotopic (exact) mass is 375 g/mol. The fourth-order valence-electron chi connectivity index (χ4n) is 2.73. The van der Waals surface area contributed by atoms with Crippen LogP contribution >= 0.6 is 0 Å². The van der Waals surface area contributed by atoms with Crippen molar-refractivity contribution in [3.8, 4) is 11.3 Å². The molecule has 0 saturated carbocycles. The van der Waals surface area contributed by atoms with Crippen molar-refractivity contribution in [3.63, 3.8) is 0 Å². The van der Waals surface area contributed by atoms with Crippen LogP contribution in [-0.4, -0.2) is 21.5 Å². The van der Waals surface area contributed by atoms with Crippen LogP contribution in [0, 0.1) is 6.92 Å². The van der Waals surface area contributed by atoms with Crippen LogP contribution < -0.4 is 10.9 Å². The number of nitrogens with one attached hydrogen (secondary N) is 1. The number of rotatable bonds is 5. The number of anilines is 1. The Morgan fingerprint density at radius 3 is 2.21 bits per heavy atom. The molecule has 6 nitrogen and oxygen atoms in total. The minimum Gasteiger partial charge on any atom is -0.324 e. The normalized spacial score (nSPS) is 11.7. The number of hydrogen-bond acceptors (Lipinski definition) is 4. The standard InChI is InChI=1S/C22H21N3O3/c1-14-4-6-18(7-5-14)20-12-13-21(27)25(24-20)15(2)22(28)23-19-10-8-17(9-11-19)16(3)26/h4-13,15H,1-3H3,(H,23,28)/t15-/m1/s1. The summed E-state index contributed by atoms with van der Waals surface area (Å²) in [6.45, 7) is 5.09. The third kappa shape index (κ3) is 4.23. The van der Waals surface area contributed by atoms with Crippen molar-refractivity contribution < 1.29 is 9.59 Å². The Labute approximate surface area is 162 Å². The molecule has 1 heterocycles. The van der Waals surface area contributed by atoms with E-state index in [1.54, 1.807) is 37.3 Å². The van der Waals surface area contributed by atoms with Crippen LogP contribution in [0.3, 0.4) is 0 Å². The Morgan fingerprint density at radius 1 is 0.964 bits per heavy atom. The van der Waals surface area contributed by atoms with E-state index in [0.717, 1.165) is 11.1 Å². The van der Waals surface area contributed by atoms with Gasteiger partial charge in [0.15, 0.2) is 5.78 Å². The number of aryl methyl sites for hydroxylation is 1. The summed E-state index contributed by atoms with van der Waals surface area (Å²) in [5.74, 6) is -0.416. The van der Waals surface area contributed by atoms with E-state index in [0.29, 0.717) is 16.9 Å². The Kier molecular flexibility index (Phi) is 5.49. The van der Waals surface area contributed by atoms with E-state index in [4.69, 9.17) is 0 Å². The van der Waals surface area contributed by atoms with E-state index < -0.39 is 6.04 Å². The second-order valence-electron chi connectivity index (χ2n) is 6.67. The van der Waals surface area contributed by atoms with Gasteiger partial charge in [0.2, 0.25) is 5.91 Å². The molecule has 0 bridgehead atoms. The van der Waals surface area contributed by atoms with E-state index in [-0.39, 0.29) is 17.2 Å². The van der Waals surface area contributed by atoms with Crippen LogP contribution in [0.2, 0.25) is 0 Å². The summed E-state index contributed by atoms with van der Waals surface area (Å²) < 4.78 is 1.18. The van der Waals surface area contributed by atoms with Gasteiger partial charge in [-0.3, -0.25) is 14.4 Å². The molecule has 3 rings (SSSR count). The minimum atomic E-state index is -0.801. The van der Waals surface area contributed by atoms with Crippen LogP contribution in [0.1, 0.15) is 35.8 Å². The van der Waals surface area contributed by atoms with Crippen molar-refractivity contribution in [2.75, 3.05) is 5.32 Å². The van der Waals surface area contributed by atoms with Crippen molar-refractivity contribution in [3.05, 3.63) is 82.1 Å². The molecule has 1 N–H and O–H groups in total. The summed E-state index contributed by atoms with van der Waals surface area (Å²) in [6.07, 6.45) is 0. The molecule has 0 aliphatic heterocycles. The van der Waals surface area contributed by atoms with Crippen LogP contribution in [0.15, 0.2) is 65.5 Å². The topological polar surface area (TPSA) is 81.1 Å². The molecule has 0 fully saturated rings. The summed E-state index contributed by atoms with van der Waals surface area (Å²) in [4.78, 5) is 36.2. The smallest absolute Gasteiger partial charge is 0.267 e. The Morgan fingerprint density at radius 2 is 1.61 bits per heavy atom. The molecule has 0 unspecified atom stereocenters. The van der Waals surface area contributed by atoms with E-state index in [2.05, 4.69) is 10.4 Å². The maximum Gasteiger partial charge on any atom is 0.267 e. The summed E-state index contributed by atoms with van der Waals surface area (Å²) in [5, 5.41) is 7.12. The van der Waals surface area contributed by atoms with E-state index in [1.807, 2.05) is 31.2 Å². The molecule has 142 valence electrons. The van der Waals surface area contributed by atoms with E-state index >= 15 is 0 Å². The van der Waals surface area contributed by atoms with Gasteiger partial charge >= 0.3 is 0 Å². The second-order valence-corrected chi connectivity index (χ2v) is 6.67. The number of Topliss-reactive ketones (excluding diaryl/α,β-unsaturated/α-hetero) is 1. The minimum absolute atomic E-state index is 0.0464. The van der Waals surface area contributed by atoms with E-state index in [9.17, 15) is 14.4 Å². The lowest BCUT2D eigenvalue weighted by atomic mass is 10.1. The summed E-state index contributed by atoms with van der Waals surface area (Å²) in [7, 11) is 0. The zero-order valence-corrected chi connectivity index (χ0v) is 16.0.